The molecule has 5 nitrogen and oxygen atoms in total. The number of aryl methyl sites for hydroxylation is 2. The molecule has 1 heterocycles. The summed E-state index contributed by atoms with van der Waals surface area (Å²) in [6, 6.07) is 13.3. The van der Waals surface area contributed by atoms with Crippen molar-refractivity contribution in [2.75, 3.05) is 11.9 Å². The lowest BCUT2D eigenvalue weighted by Crippen LogP contribution is -2.31. The molecule has 0 fully saturated rings. The average molecular weight is 523 g/mol. The Balaban J connectivity index is 1.59. The van der Waals surface area contributed by atoms with Crippen molar-refractivity contribution in [2.24, 2.45) is 11.3 Å². The molecule has 0 bridgehead atoms. The Morgan fingerprint density at radius 2 is 1.97 bits per heavy atom. The Kier molecular flexibility index (Phi) is 7.08. The Morgan fingerprint density at radius 3 is 2.71 bits per heavy atom. The van der Waals surface area contributed by atoms with Gasteiger partial charge in [-0.3, -0.25) is 9.78 Å². The number of para-hydroxylation sites is 1. The number of rotatable bonds is 6. The third-order valence-corrected chi connectivity index (χ3v) is 7.87. The Bertz CT molecular complexity index is 1250. The maximum atomic E-state index is 13.4. The molecule has 1 aliphatic carbocycles. The van der Waals surface area contributed by atoms with Crippen LogP contribution in [0.4, 0.5) is 5.69 Å². The summed E-state index contributed by atoms with van der Waals surface area (Å²) in [5.74, 6) is -0.389. The van der Waals surface area contributed by atoms with Gasteiger partial charge in [0.2, 0.25) is 0 Å². The Hall–Kier alpha value is -2.73. The van der Waals surface area contributed by atoms with Gasteiger partial charge in [-0.2, -0.15) is 0 Å². The molecule has 0 saturated heterocycles. The van der Waals surface area contributed by atoms with Gasteiger partial charge in [-0.25, -0.2) is 4.79 Å². The first-order chi connectivity index (χ1) is 16.2. The molecule has 1 amide bonds. The number of ether oxygens (including phenoxy) is 1. The number of benzene rings is 2. The molecule has 6 heteroatoms. The van der Waals surface area contributed by atoms with Crippen molar-refractivity contribution in [3.8, 4) is 0 Å². The van der Waals surface area contributed by atoms with Gasteiger partial charge in [-0.05, 0) is 82.8 Å². The van der Waals surface area contributed by atoms with E-state index in [1.54, 1.807) is 0 Å². The quantitative estimate of drug-likeness (QED) is 0.368. The topological polar surface area (TPSA) is 68.3 Å². The van der Waals surface area contributed by atoms with Gasteiger partial charge < -0.3 is 10.1 Å². The summed E-state index contributed by atoms with van der Waals surface area (Å²) >= 11 is 3.46. The van der Waals surface area contributed by atoms with Crippen molar-refractivity contribution in [3.05, 3.63) is 69.3 Å². The van der Waals surface area contributed by atoms with Gasteiger partial charge in [0.1, 0.15) is 0 Å². The van der Waals surface area contributed by atoms with Crippen LogP contribution in [0.2, 0.25) is 0 Å². The molecule has 1 atom stereocenters. The molecular weight excluding hydrogens is 492 g/mol. The highest BCUT2D eigenvalue weighted by atomic mass is 79.9. The second-order valence-electron chi connectivity index (χ2n) is 9.82. The molecule has 34 heavy (non-hydrogen) atoms. The molecule has 4 rings (SSSR count). The molecular formula is C28H31BrN2O3. The second kappa shape index (κ2) is 9.87. The minimum absolute atomic E-state index is 0.172. The number of hydrogen-bond donors (Lipinski definition) is 1. The highest BCUT2D eigenvalue weighted by Gasteiger charge is 2.34. The fourth-order valence-corrected chi connectivity index (χ4v) is 5.28. The third-order valence-electron chi connectivity index (χ3n) is 7.21. The molecule has 2 aromatic carbocycles. The number of carbonyl (C=O) groups excluding carboxylic acids is 2. The predicted molar refractivity (Wildman–Crippen MR) is 139 cm³/mol. The number of nitrogens with zero attached hydrogens (tertiary/aromatic N) is 1. The zero-order valence-corrected chi connectivity index (χ0v) is 21.8. The zero-order valence-electron chi connectivity index (χ0n) is 20.2. The Morgan fingerprint density at radius 1 is 1.21 bits per heavy atom. The van der Waals surface area contributed by atoms with Gasteiger partial charge >= 0.3 is 5.97 Å². The lowest BCUT2D eigenvalue weighted by atomic mass is 9.68. The molecule has 1 N–H and O–H groups in total. The van der Waals surface area contributed by atoms with Crippen molar-refractivity contribution < 1.29 is 14.3 Å². The number of anilines is 1. The fourth-order valence-electron chi connectivity index (χ4n) is 4.69. The van der Waals surface area contributed by atoms with Crippen molar-refractivity contribution >= 4 is 44.4 Å². The number of aromatic nitrogens is 1. The van der Waals surface area contributed by atoms with Crippen molar-refractivity contribution in [2.45, 2.75) is 53.4 Å². The normalized spacial score (nSPS) is 15.6. The molecule has 0 aliphatic heterocycles. The van der Waals surface area contributed by atoms with Gasteiger partial charge in [-0.15, -0.1) is 0 Å². The molecule has 178 valence electrons. The van der Waals surface area contributed by atoms with Crippen molar-refractivity contribution in [1.82, 2.24) is 4.98 Å². The summed E-state index contributed by atoms with van der Waals surface area (Å²) in [7, 11) is 0. The summed E-state index contributed by atoms with van der Waals surface area (Å²) in [4.78, 5) is 30.8. The number of halogens is 1. The van der Waals surface area contributed by atoms with Crippen LogP contribution in [0.1, 0.15) is 60.8 Å². The van der Waals surface area contributed by atoms with Crippen molar-refractivity contribution in [1.29, 1.82) is 0 Å². The van der Waals surface area contributed by atoms with Gasteiger partial charge in [0.05, 0.1) is 16.8 Å². The monoisotopic (exact) mass is 522 g/mol. The van der Waals surface area contributed by atoms with Crippen LogP contribution >= 0.6 is 15.9 Å². The molecule has 1 aliphatic rings. The second-order valence-corrected chi connectivity index (χ2v) is 10.7. The number of fused-ring (bicyclic) bond motifs is 2. The van der Waals surface area contributed by atoms with E-state index >= 15 is 0 Å². The summed E-state index contributed by atoms with van der Waals surface area (Å²) in [6.07, 6.45) is 3.77. The first-order valence-corrected chi connectivity index (χ1v) is 12.6. The standard InChI is InChI=1S/C28H31BrN2O3/c1-5-28(3,4)18-11-13-23-20(15-18)26(19-8-6-7-9-22(19)30-23)27(33)34-16-25(32)31-24-12-10-17(2)14-21(24)29/h6-10,12,14,18H,5,11,13,15-16H2,1-4H3,(H,31,32). The molecule has 3 aromatic rings. The van der Waals surface area contributed by atoms with Gasteiger partial charge in [0.15, 0.2) is 6.61 Å². The van der Waals surface area contributed by atoms with E-state index in [1.165, 1.54) is 0 Å². The zero-order chi connectivity index (χ0) is 24.5. The van der Waals surface area contributed by atoms with Gasteiger partial charge in [0, 0.05) is 15.6 Å². The average Bonchev–Trinajstić information content (AvgIpc) is 2.82. The van der Waals surface area contributed by atoms with Crippen LogP contribution in [0, 0.1) is 18.3 Å². The van der Waals surface area contributed by atoms with E-state index in [4.69, 9.17) is 9.72 Å². The number of hydrogen-bond acceptors (Lipinski definition) is 4. The van der Waals surface area contributed by atoms with E-state index < -0.39 is 5.97 Å². The lowest BCUT2D eigenvalue weighted by Gasteiger charge is -2.37. The highest BCUT2D eigenvalue weighted by Crippen LogP contribution is 2.41. The van der Waals surface area contributed by atoms with Crippen LogP contribution in [0.25, 0.3) is 10.9 Å². The number of carbonyl (C=O) groups is 2. The predicted octanol–water partition coefficient (Wildman–Crippen LogP) is 6.64. The van der Waals surface area contributed by atoms with Gasteiger partial charge in [-0.1, -0.05) is 51.5 Å². The number of esters is 1. The van der Waals surface area contributed by atoms with Crippen LogP contribution in [-0.4, -0.2) is 23.5 Å². The van der Waals surface area contributed by atoms with E-state index in [0.717, 1.165) is 57.9 Å². The van der Waals surface area contributed by atoms with Gasteiger partial charge in [0.25, 0.3) is 5.91 Å². The molecule has 1 aromatic heterocycles. The summed E-state index contributed by atoms with van der Waals surface area (Å²) < 4.78 is 6.34. The first kappa shape index (κ1) is 24.4. The number of amides is 1. The largest absolute Gasteiger partial charge is 0.452 e. The van der Waals surface area contributed by atoms with Crippen LogP contribution in [-0.2, 0) is 22.4 Å². The fraction of sp³-hybridized carbons (Fsp3) is 0.393. The minimum atomic E-state index is -0.470. The Labute approximate surface area is 209 Å². The molecule has 0 spiro atoms. The number of pyridine rings is 1. The molecule has 0 saturated carbocycles. The highest BCUT2D eigenvalue weighted by molar-refractivity contribution is 9.10. The summed E-state index contributed by atoms with van der Waals surface area (Å²) in [5.41, 5.74) is 5.19. The van der Waals surface area contributed by atoms with Crippen LogP contribution < -0.4 is 5.32 Å². The van der Waals surface area contributed by atoms with E-state index in [9.17, 15) is 9.59 Å². The van der Waals surface area contributed by atoms with E-state index in [2.05, 4.69) is 42.0 Å². The maximum absolute atomic E-state index is 13.4. The van der Waals surface area contributed by atoms with Crippen LogP contribution in [0.15, 0.2) is 46.9 Å². The van der Waals surface area contributed by atoms with E-state index in [1.807, 2.05) is 49.4 Å². The lowest BCUT2D eigenvalue weighted by molar-refractivity contribution is -0.119. The maximum Gasteiger partial charge on any atom is 0.339 e. The van der Waals surface area contributed by atoms with E-state index in [-0.39, 0.29) is 17.9 Å². The number of nitrogens with one attached hydrogen (secondary N) is 1. The SMILES string of the molecule is CCC(C)(C)C1CCc2nc3ccccc3c(C(=O)OCC(=O)Nc3ccc(C)cc3Br)c2C1. The van der Waals surface area contributed by atoms with Crippen molar-refractivity contribution in [3.63, 3.8) is 0 Å². The summed E-state index contributed by atoms with van der Waals surface area (Å²) in [6.45, 7) is 8.43. The molecule has 0 radical (unpaired) electrons. The smallest absolute Gasteiger partial charge is 0.339 e. The van der Waals surface area contributed by atoms with E-state index in [0.29, 0.717) is 17.2 Å². The van der Waals surface area contributed by atoms with Crippen LogP contribution in [0.5, 0.6) is 0 Å². The molecule has 1 unspecified atom stereocenters. The minimum Gasteiger partial charge on any atom is -0.452 e. The third kappa shape index (κ3) is 5.02. The van der Waals surface area contributed by atoms with Crippen LogP contribution in [0.3, 0.4) is 0 Å². The first-order valence-electron chi connectivity index (χ1n) is 11.8. The summed E-state index contributed by atoms with van der Waals surface area (Å²) in [5, 5.41) is 3.58.